The fraction of sp³-hybridized carbons (Fsp3) is 0.700. The van der Waals surface area contributed by atoms with Crippen LogP contribution in [0, 0.1) is 0 Å². The normalized spacial score (nSPS) is 20.1. The van der Waals surface area contributed by atoms with Crippen LogP contribution in [0.4, 0.5) is 5.69 Å². The number of primary amides is 1. The fourth-order valence-corrected chi connectivity index (χ4v) is 4.59. The van der Waals surface area contributed by atoms with Gasteiger partial charge in [-0.2, -0.15) is 4.37 Å². The van der Waals surface area contributed by atoms with E-state index in [2.05, 4.69) is 14.6 Å². The molecule has 0 spiro atoms. The molecular formula is C20H32N6O5S. The van der Waals surface area contributed by atoms with Crippen molar-refractivity contribution >= 4 is 34.9 Å². The Kier molecular flexibility index (Phi) is 8.79. The number of nitrogens with zero attached hydrogens (tertiary/aromatic N) is 3. The number of hydrogen-bond donors (Lipinski definition) is 3. The van der Waals surface area contributed by atoms with Gasteiger partial charge in [0.25, 0.3) is 11.8 Å². The maximum Gasteiger partial charge on any atom is 0.270 e. The van der Waals surface area contributed by atoms with Gasteiger partial charge in [0.15, 0.2) is 5.69 Å². The van der Waals surface area contributed by atoms with E-state index in [0.717, 1.165) is 44.0 Å². The van der Waals surface area contributed by atoms with Crippen molar-refractivity contribution in [1.29, 1.82) is 0 Å². The van der Waals surface area contributed by atoms with Crippen LogP contribution in [0.15, 0.2) is 0 Å². The van der Waals surface area contributed by atoms with Gasteiger partial charge in [0.2, 0.25) is 5.91 Å². The zero-order valence-corrected chi connectivity index (χ0v) is 19.2. The molecule has 0 aliphatic carbocycles. The van der Waals surface area contributed by atoms with Gasteiger partial charge in [0.05, 0.1) is 25.0 Å². The molecule has 0 aromatic carbocycles. The van der Waals surface area contributed by atoms with E-state index in [9.17, 15) is 14.4 Å². The van der Waals surface area contributed by atoms with Crippen LogP contribution in [-0.2, 0) is 14.3 Å². The van der Waals surface area contributed by atoms with Crippen molar-refractivity contribution in [2.45, 2.75) is 38.3 Å². The summed E-state index contributed by atoms with van der Waals surface area (Å²) in [5.74, 6) is -1.49. The summed E-state index contributed by atoms with van der Waals surface area (Å²) < 4.78 is 14.8. The van der Waals surface area contributed by atoms with Crippen LogP contribution in [0.2, 0.25) is 0 Å². The summed E-state index contributed by atoms with van der Waals surface area (Å²) in [6.07, 6.45) is 2.57. The number of nitrogens with two attached hydrogens (primary N) is 2. The Morgan fingerprint density at radius 1 is 1.31 bits per heavy atom. The molecule has 0 radical (unpaired) electrons. The van der Waals surface area contributed by atoms with Crippen molar-refractivity contribution in [3.63, 3.8) is 0 Å². The van der Waals surface area contributed by atoms with Gasteiger partial charge in [-0.25, -0.2) is 0 Å². The summed E-state index contributed by atoms with van der Waals surface area (Å²) in [6.45, 7) is 7.00. The van der Waals surface area contributed by atoms with Crippen molar-refractivity contribution in [2.75, 3.05) is 58.3 Å². The number of carbonyl (C=O) groups excluding carboxylic acids is 3. The number of rotatable bonds is 10. The van der Waals surface area contributed by atoms with Crippen LogP contribution in [0.1, 0.15) is 46.3 Å². The molecule has 3 rings (SSSR count). The number of anilines is 1. The summed E-state index contributed by atoms with van der Waals surface area (Å²) in [5.41, 5.74) is 11.1. The second-order valence-electron chi connectivity index (χ2n) is 8.00. The third-order valence-corrected chi connectivity index (χ3v) is 6.62. The highest BCUT2D eigenvalue weighted by molar-refractivity contribution is 7.09. The fourth-order valence-electron chi connectivity index (χ4n) is 3.83. The number of hydrogen-bond acceptors (Lipinski definition) is 9. The van der Waals surface area contributed by atoms with E-state index in [-0.39, 0.29) is 28.3 Å². The third-order valence-electron chi connectivity index (χ3n) is 5.77. The Hall–Kier alpha value is -2.28. The standard InChI is InChI=1S/C20H32N6O5S/c1-13(19(28)23-12-14-4-2-9-31-14)26(6-3-5-25-7-10-30-11-8-25)20(29)17-15(21)16(18(22)27)24-32-17/h13-14H,2-12,21H2,1H3,(H2,22,27)(H,23,28). The first kappa shape index (κ1) is 24.4. The highest BCUT2D eigenvalue weighted by atomic mass is 32.1. The molecule has 0 saturated carbocycles. The summed E-state index contributed by atoms with van der Waals surface area (Å²) >= 11 is 0.820. The molecule has 11 nitrogen and oxygen atoms in total. The molecule has 0 bridgehead atoms. The average molecular weight is 469 g/mol. The van der Waals surface area contributed by atoms with Gasteiger partial charge in [-0.3, -0.25) is 19.3 Å². The number of aromatic nitrogens is 1. The van der Waals surface area contributed by atoms with Crippen LogP contribution in [-0.4, -0.2) is 96.6 Å². The predicted octanol–water partition coefficient (Wildman–Crippen LogP) is -0.328. The van der Waals surface area contributed by atoms with Crippen LogP contribution in [0.3, 0.4) is 0 Å². The van der Waals surface area contributed by atoms with Gasteiger partial charge >= 0.3 is 0 Å². The number of nitrogen functional groups attached to an aromatic ring is 1. The van der Waals surface area contributed by atoms with Crippen LogP contribution in [0.25, 0.3) is 0 Å². The number of nitrogens with one attached hydrogen (secondary N) is 1. The number of amides is 3. The number of morpholine rings is 1. The minimum Gasteiger partial charge on any atom is -0.395 e. The van der Waals surface area contributed by atoms with Crippen molar-refractivity contribution in [2.24, 2.45) is 5.73 Å². The molecular weight excluding hydrogens is 436 g/mol. The molecule has 12 heteroatoms. The Morgan fingerprint density at radius 2 is 2.06 bits per heavy atom. The highest BCUT2D eigenvalue weighted by Crippen LogP contribution is 2.24. The second-order valence-corrected chi connectivity index (χ2v) is 8.77. The molecule has 2 aliphatic rings. The molecule has 3 amide bonds. The van der Waals surface area contributed by atoms with E-state index in [1.807, 2.05) is 0 Å². The maximum atomic E-state index is 13.3. The second kappa shape index (κ2) is 11.5. The first-order valence-corrected chi connectivity index (χ1v) is 11.7. The molecule has 178 valence electrons. The van der Waals surface area contributed by atoms with E-state index in [1.54, 1.807) is 6.92 Å². The Morgan fingerprint density at radius 3 is 2.69 bits per heavy atom. The average Bonchev–Trinajstić information content (AvgIpc) is 3.44. The Labute approximate surface area is 191 Å². The van der Waals surface area contributed by atoms with Gasteiger partial charge in [0.1, 0.15) is 10.9 Å². The van der Waals surface area contributed by atoms with E-state index in [4.69, 9.17) is 20.9 Å². The van der Waals surface area contributed by atoms with Gasteiger partial charge in [-0.05, 0) is 37.7 Å². The molecule has 2 fully saturated rings. The van der Waals surface area contributed by atoms with Crippen molar-refractivity contribution in [1.82, 2.24) is 19.5 Å². The van der Waals surface area contributed by atoms with Crippen molar-refractivity contribution in [3.05, 3.63) is 10.6 Å². The van der Waals surface area contributed by atoms with E-state index in [0.29, 0.717) is 39.3 Å². The molecule has 2 atom stereocenters. The smallest absolute Gasteiger partial charge is 0.270 e. The number of ether oxygens (including phenoxy) is 2. The zero-order chi connectivity index (χ0) is 23.1. The van der Waals surface area contributed by atoms with Crippen LogP contribution in [0.5, 0.6) is 0 Å². The maximum absolute atomic E-state index is 13.3. The van der Waals surface area contributed by atoms with E-state index < -0.39 is 17.9 Å². The molecule has 2 aliphatic heterocycles. The lowest BCUT2D eigenvalue weighted by atomic mass is 10.2. The molecule has 2 saturated heterocycles. The molecule has 1 aromatic rings. The molecule has 5 N–H and O–H groups in total. The van der Waals surface area contributed by atoms with Crippen molar-refractivity contribution < 1.29 is 23.9 Å². The zero-order valence-electron chi connectivity index (χ0n) is 18.4. The van der Waals surface area contributed by atoms with E-state index in [1.165, 1.54) is 4.90 Å². The predicted molar refractivity (Wildman–Crippen MR) is 119 cm³/mol. The summed E-state index contributed by atoms with van der Waals surface area (Å²) in [7, 11) is 0. The monoisotopic (exact) mass is 468 g/mol. The first-order chi connectivity index (χ1) is 15.4. The number of carbonyl (C=O) groups is 3. The quantitative estimate of drug-likeness (QED) is 0.422. The lowest BCUT2D eigenvalue weighted by Gasteiger charge is -2.31. The molecule has 3 heterocycles. The topological polar surface area (TPSA) is 153 Å². The Balaban J connectivity index is 1.67. The van der Waals surface area contributed by atoms with Gasteiger partial charge in [0, 0.05) is 39.3 Å². The highest BCUT2D eigenvalue weighted by Gasteiger charge is 2.31. The van der Waals surface area contributed by atoms with Gasteiger partial charge in [-0.1, -0.05) is 0 Å². The third kappa shape index (κ3) is 6.15. The largest absolute Gasteiger partial charge is 0.395 e. The summed E-state index contributed by atoms with van der Waals surface area (Å²) in [4.78, 5) is 41.5. The lowest BCUT2D eigenvalue weighted by Crippen LogP contribution is -2.50. The van der Waals surface area contributed by atoms with Crippen LogP contribution < -0.4 is 16.8 Å². The first-order valence-electron chi connectivity index (χ1n) is 10.9. The lowest BCUT2D eigenvalue weighted by molar-refractivity contribution is -0.125. The van der Waals surface area contributed by atoms with E-state index >= 15 is 0 Å². The van der Waals surface area contributed by atoms with Gasteiger partial charge < -0.3 is 31.2 Å². The van der Waals surface area contributed by atoms with Crippen LogP contribution >= 0.6 is 11.5 Å². The molecule has 2 unspecified atom stereocenters. The van der Waals surface area contributed by atoms with Gasteiger partial charge in [-0.15, -0.1) is 0 Å². The van der Waals surface area contributed by atoms with Crippen molar-refractivity contribution in [3.8, 4) is 0 Å². The Bertz CT molecular complexity index is 806. The SMILES string of the molecule is CC(C(=O)NCC1CCCO1)N(CCCN1CCOCC1)C(=O)c1snc(C(N)=O)c1N. The summed E-state index contributed by atoms with van der Waals surface area (Å²) in [6, 6.07) is -0.730. The minimum atomic E-state index is -0.793. The minimum absolute atomic E-state index is 0.00638. The molecule has 32 heavy (non-hydrogen) atoms. The molecule has 1 aromatic heterocycles. The summed E-state index contributed by atoms with van der Waals surface area (Å²) in [5, 5.41) is 2.89.